The summed E-state index contributed by atoms with van der Waals surface area (Å²) in [5.74, 6) is 1.03. The minimum absolute atomic E-state index is 0.0182. The summed E-state index contributed by atoms with van der Waals surface area (Å²) in [5, 5.41) is -0.0182. The molecule has 3 heteroatoms. The van der Waals surface area contributed by atoms with E-state index >= 15 is 0 Å². The average molecular weight is 419 g/mol. The first-order valence-electron chi connectivity index (χ1n) is 10.5. The zero-order chi connectivity index (χ0) is 20.8. The van der Waals surface area contributed by atoms with Crippen LogP contribution < -0.4 is 4.74 Å². The van der Waals surface area contributed by atoms with Crippen molar-refractivity contribution >= 4 is 19.2 Å². The van der Waals surface area contributed by atoms with Crippen molar-refractivity contribution in [2.75, 3.05) is 0 Å². The first-order chi connectivity index (χ1) is 13.3. The number of ether oxygens (including phenoxy) is 1. The lowest BCUT2D eigenvalue weighted by molar-refractivity contribution is 0.295. The Kier molecular flexibility index (Phi) is 8.41. The summed E-state index contributed by atoms with van der Waals surface area (Å²) in [6, 6.07) is 15.1. The van der Waals surface area contributed by atoms with Crippen LogP contribution in [0.1, 0.15) is 82.6 Å². The highest BCUT2D eigenvalue weighted by atomic mass is 35.7. The number of rotatable bonds is 9. The van der Waals surface area contributed by atoms with E-state index in [1.807, 2.05) is 6.07 Å². The summed E-state index contributed by atoms with van der Waals surface area (Å²) in [7, 11) is 0.342. The van der Waals surface area contributed by atoms with Crippen molar-refractivity contribution in [2.45, 2.75) is 84.4 Å². The minimum Gasteiger partial charge on any atom is -0.488 e. The molecule has 1 nitrogen and oxygen atoms in total. The molecule has 154 valence electrons. The lowest BCUT2D eigenvalue weighted by Crippen LogP contribution is -2.22. The van der Waals surface area contributed by atoms with Gasteiger partial charge in [0.1, 0.15) is 12.4 Å². The molecule has 28 heavy (non-hydrogen) atoms. The van der Waals surface area contributed by atoms with Crippen molar-refractivity contribution in [3.63, 3.8) is 0 Å². The lowest BCUT2D eigenvalue weighted by Gasteiger charge is -2.35. The third kappa shape index (κ3) is 5.52. The van der Waals surface area contributed by atoms with Crippen molar-refractivity contribution in [3.05, 3.63) is 64.7 Å². The van der Waals surface area contributed by atoms with Crippen LogP contribution in [0.15, 0.2) is 42.5 Å². The Balaban J connectivity index is 2.55. The van der Waals surface area contributed by atoms with Gasteiger partial charge < -0.3 is 4.74 Å². The molecule has 0 aromatic heterocycles. The van der Waals surface area contributed by atoms with Gasteiger partial charge in [0.25, 0.3) is 0 Å². The zero-order valence-corrected chi connectivity index (χ0v) is 20.1. The molecular formula is C25H36ClOP. The van der Waals surface area contributed by atoms with Crippen LogP contribution >= 0.6 is 19.2 Å². The first-order valence-corrected chi connectivity index (χ1v) is 12.5. The van der Waals surface area contributed by atoms with Crippen LogP contribution in [0, 0.1) is 6.92 Å². The second-order valence-corrected chi connectivity index (χ2v) is 10.5. The zero-order valence-electron chi connectivity index (χ0n) is 18.4. The number of unbranched alkanes of at least 4 members (excludes halogenated alkanes) is 1. The Morgan fingerprint density at radius 1 is 1.04 bits per heavy atom. The Bertz CT molecular complexity index is 745. The van der Waals surface area contributed by atoms with Gasteiger partial charge in [-0.05, 0) is 49.8 Å². The molecule has 0 bridgehead atoms. The highest BCUT2D eigenvalue weighted by Crippen LogP contribution is 2.54. The van der Waals surface area contributed by atoms with Crippen molar-refractivity contribution in [1.82, 2.24) is 0 Å². The van der Waals surface area contributed by atoms with Crippen LogP contribution in [-0.4, -0.2) is 0 Å². The Labute approximate surface area is 178 Å². The fourth-order valence-electron chi connectivity index (χ4n) is 3.63. The molecule has 2 aromatic rings. The van der Waals surface area contributed by atoms with Gasteiger partial charge in [0.15, 0.2) is 0 Å². The van der Waals surface area contributed by atoms with E-state index in [4.69, 9.17) is 16.0 Å². The predicted molar refractivity (Wildman–Crippen MR) is 126 cm³/mol. The average Bonchev–Trinajstić information content (AvgIpc) is 2.68. The topological polar surface area (TPSA) is 9.23 Å². The normalized spacial score (nSPS) is 14.4. The molecule has 0 amide bonds. The maximum atomic E-state index is 6.68. The maximum Gasteiger partial charge on any atom is 0.126 e. The number of hydrogen-bond donors (Lipinski definition) is 0. The molecule has 2 rings (SSSR count). The smallest absolute Gasteiger partial charge is 0.126 e. The molecule has 0 fully saturated rings. The summed E-state index contributed by atoms with van der Waals surface area (Å²) < 4.78 is 6.46. The van der Waals surface area contributed by atoms with E-state index in [2.05, 4.69) is 77.9 Å². The minimum atomic E-state index is -0.0182. The van der Waals surface area contributed by atoms with E-state index in [0.717, 1.165) is 18.6 Å². The van der Waals surface area contributed by atoms with Crippen molar-refractivity contribution in [1.29, 1.82) is 0 Å². The van der Waals surface area contributed by atoms with Gasteiger partial charge in [0.2, 0.25) is 0 Å². The highest BCUT2D eigenvalue weighted by Gasteiger charge is 2.34. The molecular weight excluding hydrogens is 383 g/mol. The number of hydrogen-bond acceptors (Lipinski definition) is 1. The SMILES string of the molecule is CCCCC(CC)(PCl)c1cc(C(C)(C)C)cc(C)c1OCc1ccccc1. The first kappa shape index (κ1) is 23.2. The van der Waals surface area contributed by atoms with Gasteiger partial charge in [-0.2, -0.15) is 0 Å². The molecule has 0 heterocycles. The van der Waals surface area contributed by atoms with E-state index in [-0.39, 0.29) is 10.6 Å². The van der Waals surface area contributed by atoms with Crippen LogP contribution in [0.3, 0.4) is 0 Å². The molecule has 2 atom stereocenters. The third-order valence-electron chi connectivity index (χ3n) is 5.62. The predicted octanol–water partition coefficient (Wildman–Crippen LogP) is 8.50. The molecule has 0 aliphatic rings. The van der Waals surface area contributed by atoms with Crippen LogP contribution in [0.2, 0.25) is 0 Å². The summed E-state index contributed by atoms with van der Waals surface area (Å²) in [6.45, 7) is 14.1. The molecule has 0 radical (unpaired) electrons. The van der Waals surface area contributed by atoms with Gasteiger partial charge >= 0.3 is 0 Å². The van der Waals surface area contributed by atoms with Crippen LogP contribution in [-0.2, 0) is 17.2 Å². The quantitative estimate of drug-likeness (QED) is 0.371. The standard InChI is InChI=1S/C25H36ClOP/c1-7-9-15-25(8-2,28-26)22-17-21(24(4,5)6)16-19(3)23(22)27-18-20-13-11-10-12-14-20/h10-14,16-17,28H,7-9,15,18H2,1-6H3. The maximum absolute atomic E-state index is 6.68. The van der Waals surface area contributed by atoms with Crippen molar-refractivity contribution in [2.24, 2.45) is 0 Å². The van der Waals surface area contributed by atoms with Crippen molar-refractivity contribution in [3.8, 4) is 5.75 Å². The van der Waals surface area contributed by atoms with E-state index in [0.29, 0.717) is 14.5 Å². The van der Waals surface area contributed by atoms with Crippen LogP contribution in [0.5, 0.6) is 5.75 Å². The summed E-state index contributed by atoms with van der Waals surface area (Å²) in [4.78, 5) is 0. The van der Waals surface area contributed by atoms with Gasteiger partial charge in [-0.15, -0.1) is 0 Å². The van der Waals surface area contributed by atoms with Gasteiger partial charge in [-0.1, -0.05) is 101 Å². The van der Waals surface area contributed by atoms with Crippen molar-refractivity contribution < 1.29 is 4.74 Å². The lowest BCUT2D eigenvalue weighted by atomic mass is 9.80. The second-order valence-electron chi connectivity index (χ2n) is 8.83. The van der Waals surface area contributed by atoms with Crippen LogP contribution in [0.25, 0.3) is 0 Å². The van der Waals surface area contributed by atoms with Gasteiger partial charge in [0.05, 0.1) is 0 Å². The molecule has 0 saturated carbocycles. The number of benzene rings is 2. The van der Waals surface area contributed by atoms with E-state index in [1.165, 1.54) is 35.1 Å². The van der Waals surface area contributed by atoms with Gasteiger partial charge in [-0.25, -0.2) is 0 Å². The van der Waals surface area contributed by atoms with Gasteiger partial charge in [-0.3, -0.25) is 0 Å². The molecule has 0 saturated heterocycles. The Morgan fingerprint density at radius 2 is 1.71 bits per heavy atom. The van der Waals surface area contributed by atoms with Gasteiger partial charge in [0, 0.05) is 10.7 Å². The molecule has 0 aliphatic carbocycles. The molecule has 2 aromatic carbocycles. The second kappa shape index (κ2) is 10.1. The fourth-order valence-corrected chi connectivity index (χ4v) is 5.31. The molecule has 0 N–H and O–H groups in total. The summed E-state index contributed by atoms with van der Waals surface area (Å²) in [5.41, 5.74) is 5.16. The monoisotopic (exact) mass is 418 g/mol. The van der Waals surface area contributed by atoms with E-state index < -0.39 is 0 Å². The van der Waals surface area contributed by atoms with Crippen LogP contribution in [0.4, 0.5) is 0 Å². The Morgan fingerprint density at radius 3 is 2.25 bits per heavy atom. The molecule has 0 spiro atoms. The largest absolute Gasteiger partial charge is 0.488 e. The highest BCUT2D eigenvalue weighted by molar-refractivity contribution is 7.69. The fraction of sp³-hybridized carbons (Fsp3) is 0.520. The Hall–Kier alpha value is -1.04. The summed E-state index contributed by atoms with van der Waals surface area (Å²) in [6.07, 6.45) is 4.51. The molecule has 0 aliphatic heterocycles. The number of halogens is 1. The number of aryl methyl sites for hydroxylation is 1. The van der Waals surface area contributed by atoms with E-state index in [1.54, 1.807) is 0 Å². The summed E-state index contributed by atoms with van der Waals surface area (Å²) >= 11 is 6.68. The third-order valence-corrected chi connectivity index (χ3v) is 7.94. The van der Waals surface area contributed by atoms with E-state index in [9.17, 15) is 0 Å². The molecule has 2 unspecified atom stereocenters.